The minimum atomic E-state index is -4.34. The largest absolute Gasteiger partial charge is 0.416 e. The van der Waals surface area contributed by atoms with E-state index in [1.807, 2.05) is 0 Å². The first-order chi connectivity index (χ1) is 10.8. The fourth-order valence-electron chi connectivity index (χ4n) is 2.99. The monoisotopic (exact) mass is 359 g/mol. The molecule has 0 bridgehead atoms. The summed E-state index contributed by atoms with van der Waals surface area (Å²) in [5.41, 5.74) is 2.30. The van der Waals surface area contributed by atoms with E-state index in [1.165, 1.54) is 12.1 Å². The Kier molecular flexibility index (Phi) is 4.23. The van der Waals surface area contributed by atoms with Crippen LogP contribution in [0, 0.1) is 6.92 Å². The van der Waals surface area contributed by atoms with E-state index in [4.69, 9.17) is 23.2 Å². The van der Waals surface area contributed by atoms with Crippen molar-refractivity contribution in [1.82, 2.24) is 0 Å². The van der Waals surface area contributed by atoms with E-state index in [0.717, 1.165) is 11.1 Å². The lowest BCUT2D eigenvalue weighted by Crippen LogP contribution is -2.19. The van der Waals surface area contributed by atoms with Crippen LogP contribution in [0.4, 0.5) is 18.9 Å². The molecule has 3 rings (SSSR count). The summed E-state index contributed by atoms with van der Waals surface area (Å²) >= 11 is 12.3. The van der Waals surface area contributed by atoms with Gasteiger partial charge in [0, 0.05) is 21.8 Å². The molecule has 1 atom stereocenters. The maximum absolute atomic E-state index is 12.9. The van der Waals surface area contributed by atoms with Crippen molar-refractivity contribution in [3.8, 4) is 0 Å². The maximum atomic E-state index is 12.9. The standard InChI is InChI=1S/C17H14Cl2F3N/c1-9-5-10(17(20,21)22)6-16-12(9)7-11(23-16)8-13-14(18)3-2-4-15(13)19/h2-6,11,23H,7-8H2,1H3. The number of rotatable bonds is 2. The summed E-state index contributed by atoms with van der Waals surface area (Å²) < 4.78 is 38.8. The van der Waals surface area contributed by atoms with E-state index in [1.54, 1.807) is 25.1 Å². The quantitative estimate of drug-likeness (QED) is 0.703. The van der Waals surface area contributed by atoms with Gasteiger partial charge in [0.05, 0.1) is 5.56 Å². The lowest BCUT2D eigenvalue weighted by molar-refractivity contribution is -0.137. The number of halogens is 5. The summed E-state index contributed by atoms with van der Waals surface area (Å²) in [6.07, 6.45) is -3.12. The molecule has 1 nitrogen and oxygen atoms in total. The Morgan fingerprint density at radius 1 is 1.17 bits per heavy atom. The molecule has 6 heteroatoms. The summed E-state index contributed by atoms with van der Waals surface area (Å²) in [7, 11) is 0. The van der Waals surface area contributed by atoms with Gasteiger partial charge in [0.25, 0.3) is 0 Å². The molecule has 2 aromatic carbocycles. The second kappa shape index (κ2) is 5.91. The number of hydrogen-bond donors (Lipinski definition) is 1. The van der Waals surface area contributed by atoms with Gasteiger partial charge in [0.2, 0.25) is 0 Å². The fraction of sp³-hybridized carbons (Fsp3) is 0.294. The molecule has 2 aromatic rings. The first kappa shape index (κ1) is 16.5. The van der Waals surface area contributed by atoms with Crippen molar-refractivity contribution >= 4 is 28.9 Å². The molecule has 0 radical (unpaired) electrons. The van der Waals surface area contributed by atoms with Gasteiger partial charge in [-0.05, 0) is 60.7 Å². The first-order valence-corrected chi connectivity index (χ1v) is 7.91. The maximum Gasteiger partial charge on any atom is 0.416 e. The van der Waals surface area contributed by atoms with Crippen molar-refractivity contribution in [3.63, 3.8) is 0 Å². The number of hydrogen-bond acceptors (Lipinski definition) is 1. The lowest BCUT2D eigenvalue weighted by atomic mass is 9.98. The van der Waals surface area contributed by atoms with Crippen molar-refractivity contribution < 1.29 is 13.2 Å². The van der Waals surface area contributed by atoms with Crippen LogP contribution in [0.15, 0.2) is 30.3 Å². The van der Waals surface area contributed by atoms with Crippen LogP contribution in [0.25, 0.3) is 0 Å². The van der Waals surface area contributed by atoms with Crippen molar-refractivity contribution in [3.05, 3.63) is 62.6 Å². The zero-order valence-electron chi connectivity index (χ0n) is 12.3. The van der Waals surface area contributed by atoms with Crippen LogP contribution >= 0.6 is 23.2 Å². The fourth-order valence-corrected chi connectivity index (χ4v) is 3.55. The lowest BCUT2D eigenvalue weighted by Gasteiger charge is -2.14. The normalized spacial score (nSPS) is 17.0. The van der Waals surface area contributed by atoms with E-state index in [2.05, 4.69) is 5.32 Å². The van der Waals surface area contributed by atoms with E-state index >= 15 is 0 Å². The van der Waals surface area contributed by atoms with Crippen LogP contribution < -0.4 is 5.32 Å². The Hall–Kier alpha value is -1.39. The number of fused-ring (bicyclic) bond motifs is 1. The Labute approximate surface area is 142 Å². The second-order valence-corrected chi connectivity index (χ2v) is 6.58. The topological polar surface area (TPSA) is 12.0 Å². The third-order valence-corrected chi connectivity index (χ3v) is 4.83. The van der Waals surface area contributed by atoms with E-state index in [0.29, 0.717) is 34.1 Å². The van der Waals surface area contributed by atoms with Gasteiger partial charge in [0.1, 0.15) is 0 Å². The first-order valence-electron chi connectivity index (χ1n) is 7.16. The van der Waals surface area contributed by atoms with Crippen LogP contribution in [-0.2, 0) is 19.0 Å². The average molecular weight is 360 g/mol. The zero-order valence-corrected chi connectivity index (χ0v) is 13.8. The molecule has 0 fully saturated rings. The Morgan fingerprint density at radius 2 is 1.83 bits per heavy atom. The minimum Gasteiger partial charge on any atom is -0.381 e. The van der Waals surface area contributed by atoms with Gasteiger partial charge in [-0.15, -0.1) is 0 Å². The molecule has 1 aliphatic rings. The van der Waals surface area contributed by atoms with Crippen LogP contribution in [-0.4, -0.2) is 6.04 Å². The predicted molar refractivity (Wildman–Crippen MR) is 87.5 cm³/mol. The van der Waals surface area contributed by atoms with Gasteiger partial charge in [-0.25, -0.2) is 0 Å². The SMILES string of the molecule is Cc1cc(C(F)(F)F)cc2c1CC(Cc1c(Cl)cccc1Cl)N2. The molecule has 0 spiro atoms. The van der Waals surface area contributed by atoms with Crippen molar-refractivity contribution in [2.45, 2.75) is 32.0 Å². The molecule has 1 N–H and O–H groups in total. The molecule has 1 heterocycles. The number of aryl methyl sites for hydroxylation is 1. The highest BCUT2D eigenvalue weighted by atomic mass is 35.5. The molecule has 0 amide bonds. The van der Waals surface area contributed by atoms with Gasteiger partial charge in [0.15, 0.2) is 0 Å². The number of nitrogens with one attached hydrogen (secondary N) is 1. The van der Waals surface area contributed by atoms with Gasteiger partial charge in [-0.3, -0.25) is 0 Å². The van der Waals surface area contributed by atoms with Crippen LogP contribution in [0.5, 0.6) is 0 Å². The van der Waals surface area contributed by atoms with Crippen LogP contribution in [0.3, 0.4) is 0 Å². The highest BCUT2D eigenvalue weighted by molar-refractivity contribution is 6.36. The van der Waals surface area contributed by atoms with E-state index in [9.17, 15) is 13.2 Å². The third kappa shape index (κ3) is 3.29. The molecule has 0 aliphatic carbocycles. The summed E-state index contributed by atoms with van der Waals surface area (Å²) in [5.74, 6) is 0. The highest BCUT2D eigenvalue weighted by Gasteiger charge is 2.33. The van der Waals surface area contributed by atoms with Gasteiger partial charge in [-0.2, -0.15) is 13.2 Å². The molecule has 23 heavy (non-hydrogen) atoms. The molecule has 0 saturated heterocycles. The van der Waals surface area contributed by atoms with Crippen LogP contribution in [0.1, 0.15) is 22.3 Å². The molecule has 0 aromatic heterocycles. The van der Waals surface area contributed by atoms with Crippen molar-refractivity contribution in [2.24, 2.45) is 0 Å². The molecule has 1 unspecified atom stereocenters. The van der Waals surface area contributed by atoms with E-state index in [-0.39, 0.29) is 6.04 Å². The van der Waals surface area contributed by atoms with E-state index < -0.39 is 11.7 Å². The highest BCUT2D eigenvalue weighted by Crippen LogP contribution is 2.38. The molecule has 0 saturated carbocycles. The Morgan fingerprint density at radius 3 is 2.43 bits per heavy atom. The molecule has 122 valence electrons. The Bertz CT molecular complexity index is 736. The summed E-state index contributed by atoms with van der Waals surface area (Å²) in [6, 6.07) is 7.65. The number of anilines is 1. The van der Waals surface area contributed by atoms with Crippen LogP contribution in [0.2, 0.25) is 10.0 Å². The summed E-state index contributed by atoms with van der Waals surface area (Å²) in [4.78, 5) is 0. The Balaban J connectivity index is 1.86. The van der Waals surface area contributed by atoms with Crippen molar-refractivity contribution in [1.29, 1.82) is 0 Å². The molecule has 1 aliphatic heterocycles. The third-order valence-electron chi connectivity index (χ3n) is 4.12. The number of benzene rings is 2. The van der Waals surface area contributed by atoms with Gasteiger partial charge < -0.3 is 5.32 Å². The molecular formula is C17H14Cl2F3N. The second-order valence-electron chi connectivity index (χ2n) is 5.77. The smallest absolute Gasteiger partial charge is 0.381 e. The number of alkyl halides is 3. The average Bonchev–Trinajstić information content (AvgIpc) is 2.85. The summed E-state index contributed by atoms with van der Waals surface area (Å²) in [5, 5.41) is 4.32. The zero-order chi connectivity index (χ0) is 16.8. The minimum absolute atomic E-state index is 0.0235. The van der Waals surface area contributed by atoms with Gasteiger partial charge in [-0.1, -0.05) is 29.3 Å². The van der Waals surface area contributed by atoms with Crippen molar-refractivity contribution in [2.75, 3.05) is 5.32 Å². The molecular weight excluding hydrogens is 346 g/mol. The predicted octanol–water partition coefficient (Wildman–Crippen LogP) is 5.90. The summed E-state index contributed by atoms with van der Waals surface area (Å²) in [6.45, 7) is 1.71. The van der Waals surface area contributed by atoms with Gasteiger partial charge >= 0.3 is 6.18 Å².